The van der Waals surface area contributed by atoms with E-state index in [4.69, 9.17) is 5.73 Å². The molecule has 0 atom stereocenters. The van der Waals surface area contributed by atoms with Crippen molar-refractivity contribution in [3.63, 3.8) is 0 Å². The number of Topliss-reactive ketones (excluding diaryl/α,β-unsaturated/α-hetero) is 1. The van der Waals surface area contributed by atoms with E-state index in [1.165, 1.54) is 0 Å². The van der Waals surface area contributed by atoms with Crippen LogP contribution in [0.25, 0.3) is 0 Å². The monoisotopic (exact) mass is 338 g/mol. The van der Waals surface area contributed by atoms with Crippen LogP contribution >= 0.6 is 0 Å². The summed E-state index contributed by atoms with van der Waals surface area (Å²) in [5.74, 6) is -1.75. The molecule has 2 aromatic rings. The van der Waals surface area contributed by atoms with Crippen molar-refractivity contribution in [3.05, 3.63) is 70.8 Å². The molecule has 0 radical (unpaired) electrons. The van der Waals surface area contributed by atoms with Crippen LogP contribution in [0.2, 0.25) is 0 Å². The third-order valence-electron chi connectivity index (χ3n) is 3.91. The van der Waals surface area contributed by atoms with Crippen molar-refractivity contribution < 1.29 is 14.4 Å². The Morgan fingerprint density at radius 3 is 1.88 bits per heavy atom. The molecule has 0 fully saturated rings. The Labute approximate surface area is 147 Å². The summed E-state index contributed by atoms with van der Waals surface area (Å²) < 4.78 is 0. The summed E-state index contributed by atoms with van der Waals surface area (Å²) in [7, 11) is 0. The molecular formula is C20H22N2O3. The number of carbonyl (C=O) groups is 3. The first-order valence-electron chi connectivity index (χ1n) is 8.00. The lowest BCUT2D eigenvalue weighted by Gasteiger charge is -2.18. The van der Waals surface area contributed by atoms with E-state index in [9.17, 15) is 14.4 Å². The first kappa shape index (κ1) is 18.4. The van der Waals surface area contributed by atoms with Gasteiger partial charge in [-0.2, -0.15) is 0 Å². The molecule has 0 aliphatic rings. The lowest BCUT2D eigenvalue weighted by molar-refractivity contribution is -0.117. The summed E-state index contributed by atoms with van der Waals surface area (Å²) in [5.41, 5.74) is 7.78. The molecule has 0 saturated carbocycles. The molecule has 0 aliphatic heterocycles. The maximum atomic E-state index is 12.2. The summed E-state index contributed by atoms with van der Waals surface area (Å²) in [6.07, 6.45) is 0. The number of nitrogens with one attached hydrogen (secondary N) is 1. The number of nitrogens with two attached hydrogens (primary N) is 1. The van der Waals surface area contributed by atoms with Crippen LogP contribution < -0.4 is 11.1 Å². The van der Waals surface area contributed by atoms with Gasteiger partial charge in [-0.3, -0.25) is 14.4 Å². The quantitative estimate of drug-likeness (QED) is 0.648. The van der Waals surface area contributed by atoms with Crippen molar-refractivity contribution >= 4 is 17.6 Å². The van der Waals surface area contributed by atoms with E-state index >= 15 is 0 Å². The molecule has 25 heavy (non-hydrogen) atoms. The zero-order chi connectivity index (χ0) is 18.6. The maximum Gasteiger partial charge on any atom is 0.292 e. The normalized spacial score (nSPS) is 11.0. The lowest BCUT2D eigenvalue weighted by atomic mass is 9.86. The van der Waals surface area contributed by atoms with Gasteiger partial charge in [0, 0.05) is 17.7 Å². The molecule has 2 amide bonds. The molecule has 2 aromatic carbocycles. The topological polar surface area (TPSA) is 89.3 Å². The lowest BCUT2D eigenvalue weighted by Crippen LogP contribution is -2.30. The molecule has 0 heterocycles. The van der Waals surface area contributed by atoms with Crippen LogP contribution in [0, 0.1) is 0 Å². The fourth-order valence-electron chi connectivity index (χ4n) is 2.30. The summed E-state index contributed by atoms with van der Waals surface area (Å²) >= 11 is 0. The van der Waals surface area contributed by atoms with Crippen LogP contribution in [0.1, 0.15) is 52.6 Å². The molecule has 0 spiro atoms. The van der Waals surface area contributed by atoms with Gasteiger partial charge in [-0.1, -0.05) is 57.2 Å². The fraction of sp³-hybridized carbons (Fsp3) is 0.250. The van der Waals surface area contributed by atoms with E-state index in [2.05, 4.69) is 26.1 Å². The van der Waals surface area contributed by atoms with E-state index in [0.29, 0.717) is 11.1 Å². The number of carbonyl (C=O) groups excluding carboxylic acids is 3. The van der Waals surface area contributed by atoms with Gasteiger partial charge in [0.05, 0.1) is 0 Å². The van der Waals surface area contributed by atoms with Crippen LogP contribution in [0.4, 0.5) is 0 Å². The van der Waals surface area contributed by atoms with Gasteiger partial charge in [0.25, 0.3) is 5.91 Å². The molecule has 3 N–H and O–H groups in total. The average molecular weight is 338 g/mol. The van der Waals surface area contributed by atoms with E-state index < -0.39 is 17.6 Å². The predicted molar refractivity (Wildman–Crippen MR) is 96.3 cm³/mol. The Hall–Kier alpha value is -2.95. The van der Waals surface area contributed by atoms with Gasteiger partial charge >= 0.3 is 0 Å². The van der Waals surface area contributed by atoms with Gasteiger partial charge in [0.1, 0.15) is 0 Å². The number of hydrogen-bond donors (Lipinski definition) is 2. The summed E-state index contributed by atoms with van der Waals surface area (Å²) in [6.45, 7) is 6.45. The third kappa shape index (κ3) is 4.76. The highest BCUT2D eigenvalue weighted by Gasteiger charge is 2.18. The Bertz CT molecular complexity index is 785. The SMILES string of the molecule is CC(C)(C)c1ccc(C(=O)C(=O)NCc2ccc(C(N)=O)cc2)cc1. The standard InChI is InChI=1S/C20H22N2O3/c1-20(2,3)16-10-8-14(9-11-16)17(23)19(25)22-12-13-4-6-15(7-5-13)18(21)24/h4-11H,12H2,1-3H3,(H2,21,24)(H,22,25). The number of benzene rings is 2. The van der Waals surface area contributed by atoms with Crippen LogP contribution in [0.15, 0.2) is 48.5 Å². The Morgan fingerprint density at radius 1 is 0.880 bits per heavy atom. The molecule has 0 saturated heterocycles. The molecule has 0 aliphatic carbocycles. The van der Waals surface area contributed by atoms with Crippen LogP contribution in [-0.4, -0.2) is 17.6 Å². The highest BCUT2D eigenvalue weighted by molar-refractivity contribution is 6.42. The van der Waals surface area contributed by atoms with Crippen molar-refractivity contribution in [3.8, 4) is 0 Å². The second kappa shape index (κ2) is 7.30. The third-order valence-corrected chi connectivity index (χ3v) is 3.91. The minimum absolute atomic E-state index is 0.0130. The molecule has 2 rings (SSSR count). The molecule has 0 bridgehead atoms. The zero-order valence-corrected chi connectivity index (χ0v) is 14.6. The van der Waals surface area contributed by atoms with Crippen LogP contribution in [0.5, 0.6) is 0 Å². The van der Waals surface area contributed by atoms with Gasteiger partial charge < -0.3 is 11.1 Å². The first-order valence-corrected chi connectivity index (χ1v) is 8.00. The summed E-state index contributed by atoms with van der Waals surface area (Å²) in [6, 6.07) is 13.6. The minimum atomic E-state index is -0.664. The van der Waals surface area contributed by atoms with Gasteiger partial charge in [0.15, 0.2) is 0 Å². The highest BCUT2D eigenvalue weighted by atomic mass is 16.2. The van der Waals surface area contributed by atoms with Crippen molar-refractivity contribution in [1.82, 2.24) is 5.32 Å². The largest absolute Gasteiger partial charge is 0.366 e. The maximum absolute atomic E-state index is 12.2. The second-order valence-electron chi connectivity index (χ2n) is 6.90. The van der Waals surface area contributed by atoms with E-state index in [1.54, 1.807) is 36.4 Å². The van der Waals surface area contributed by atoms with Crippen LogP contribution in [0.3, 0.4) is 0 Å². The van der Waals surface area contributed by atoms with Crippen molar-refractivity contribution in [1.29, 1.82) is 0 Å². The van der Waals surface area contributed by atoms with Crippen molar-refractivity contribution in [2.75, 3.05) is 0 Å². The Kier molecular flexibility index (Phi) is 5.37. The van der Waals surface area contributed by atoms with Crippen LogP contribution in [-0.2, 0) is 16.8 Å². The van der Waals surface area contributed by atoms with Gasteiger partial charge in [-0.25, -0.2) is 0 Å². The number of ketones is 1. The fourth-order valence-corrected chi connectivity index (χ4v) is 2.30. The summed E-state index contributed by atoms with van der Waals surface area (Å²) in [4.78, 5) is 35.3. The van der Waals surface area contributed by atoms with Crippen molar-refractivity contribution in [2.45, 2.75) is 32.7 Å². The number of rotatable bonds is 5. The highest BCUT2D eigenvalue weighted by Crippen LogP contribution is 2.22. The molecule has 5 heteroatoms. The molecule has 5 nitrogen and oxygen atoms in total. The summed E-state index contributed by atoms with van der Waals surface area (Å²) in [5, 5.41) is 2.59. The van der Waals surface area contributed by atoms with Gasteiger partial charge in [0.2, 0.25) is 11.7 Å². The predicted octanol–water partition coefficient (Wildman–Crippen LogP) is 2.58. The second-order valence-corrected chi connectivity index (χ2v) is 6.90. The number of amides is 2. The van der Waals surface area contributed by atoms with E-state index in [0.717, 1.165) is 11.1 Å². The zero-order valence-electron chi connectivity index (χ0n) is 14.6. The van der Waals surface area contributed by atoms with Gasteiger partial charge in [-0.15, -0.1) is 0 Å². The smallest absolute Gasteiger partial charge is 0.292 e. The van der Waals surface area contributed by atoms with E-state index in [1.807, 2.05) is 12.1 Å². The van der Waals surface area contributed by atoms with Gasteiger partial charge in [-0.05, 0) is 28.7 Å². The number of hydrogen-bond acceptors (Lipinski definition) is 3. The Morgan fingerprint density at radius 2 is 1.40 bits per heavy atom. The minimum Gasteiger partial charge on any atom is -0.366 e. The molecular weight excluding hydrogens is 316 g/mol. The first-order chi connectivity index (χ1) is 11.7. The Balaban J connectivity index is 1.98. The molecule has 130 valence electrons. The number of primary amides is 1. The van der Waals surface area contributed by atoms with Crippen molar-refractivity contribution in [2.24, 2.45) is 5.73 Å². The molecule has 0 aromatic heterocycles. The van der Waals surface area contributed by atoms with E-state index in [-0.39, 0.29) is 12.0 Å². The molecule has 0 unspecified atom stereocenters. The average Bonchev–Trinajstić information content (AvgIpc) is 2.58.